The minimum atomic E-state index is 0.0682. The number of piperazine rings is 1. The van der Waals surface area contributed by atoms with Crippen molar-refractivity contribution in [1.82, 2.24) is 15.3 Å². The van der Waals surface area contributed by atoms with Gasteiger partial charge in [0.1, 0.15) is 12.1 Å². The Bertz CT molecular complexity index is 430. The molecule has 90 valence electrons. The number of hydrogen-bond acceptors (Lipinski definition) is 4. The Balaban J connectivity index is 1.74. The maximum absolute atomic E-state index is 11.3. The van der Waals surface area contributed by atoms with Crippen LogP contribution >= 0.6 is 0 Å². The van der Waals surface area contributed by atoms with E-state index in [4.69, 9.17) is 0 Å². The first-order valence-electron chi connectivity index (χ1n) is 6.14. The lowest BCUT2D eigenvalue weighted by Gasteiger charge is -2.27. The van der Waals surface area contributed by atoms with E-state index in [1.807, 2.05) is 11.0 Å². The second kappa shape index (κ2) is 4.31. The van der Waals surface area contributed by atoms with Crippen molar-refractivity contribution < 1.29 is 4.79 Å². The van der Waals surface area contributed by atoms with Crippen molar-refractivity contribution in [3.63, 3.8) is 0 Å². The molecular formula is C12H16N4O. The number of rotatable bonds is 3. The summed E-state index contributed by atoms with van der Waals surface area (Å²) in [6.45, 7) is 1.92. The summed E-state index contributed by atoms with van der Waals surface area (Å²) >= 11 is 0. The summed E-state index contributed by atoms with van der Waals surface area (Å²) in [6.07, 6.45) is 5.31. The maximum Gasteiger partial charge on any atom is 0.239 e. The van der Waals surface area contributed by atoms with E-state index in [-0.39, 0.29) is 5.91 Å². The molecule has 0 radical (unpaired) electrons. The fourth-order valence-electron chi connectivity index (χ4n) is 2.12. The lowest BCUT2D eigenvalue weighted by molar-refractivity contribution is -0.120. The molecule has 1 aromatic heterocycles. The zero-order valence-corrected chi connectivity index (χ0v) is 9.72. The highest BCUT2D eigenvalue weighted by Gasteiger charge is 2.23. The van der Waals surface area contributed by atoms with Gasteiger partial charge in [0, 0.05) is 24.8 Å². The van der Waals surface area contributed by atoms with Gasteiger partial charge in [-0.3, -0.25) is 4.79 Å². The van der Waals surface area contributed by atoms with Crippen LogP contribution < -0.4 is 10.2 Å². The van der Waals surface area contributed by atoms with E-state index < -0.39 is 0 Å². The van der Waals surface area contributed by atoms with Gasteiger partial charge in [0.25, 0.3) is 0 Å². The van der Waals surface area contributed by atoms with Crippen molar-refractivity contribution >= 4 is 11.7 Å². The van der Waals surface area contributed by atoms with Crippen LogP contribution in [-0.4, -0.2) is 35.5 Å². The fourth-order valence-corrected chi connectivity index (χ4v) is 2.12. The molecule has 0 aromatic carbocycles. The first kappa shape index (κ1) is 10.5. The minimum absolute atomic E-state index is 0.0682. The largest absolute Gasteiger partial charge is 0.353 e. The number of amides is 1. The highest BCUT2D eigenvalue weighted by molar-refractivity contribution is 5.82. The van der Waals surface area contributed by atoms with Crippen LogP contribution in [-0.2, 0) is 11.2 Å². The average Bonchev–Trinajstić information content (AvgIpc) is 3.13. The first-order chi connectivity index (χ1) is 8.31. The number of carbonyl (C=O) groups excluding carboxylic acids is 1. The van der Waals surface area contributed by atoms with E-state index in [0.29, 0.717) is 13.1 Å². The Morgan fingerprint density at radius 2 is 2.29 bits per heavy atom. The normalized spacial score (nSPS) is 20.2. The molecule has 17 heavy (non-hydrogen) atoms. The van der Waals surface area contributed by atoms with Crippen molar-refractivity contribution in [3.8, 4) is 0 Å². The SMILES string of the molecule is O=C1CN(c2cc(CC3CC3)ncn2)CCN1. The summed E-state index contributed by atoms with van der Waals surface area (Å²) in [5.74, 6) is 1.77. The summed E-state index contributed by atoms with van der Waals surface area (Å²) in [5.41, 5.74) is 1.10. The maximum atomic E-state index is 11.3. The van der Waals surface area contributed by atoms with Crippen molar-refractivity contribution in [1.29, 1.82) is 0 Å². The van der Waals surface area contributed by atoms with Gasteiger partial charge in [-0.1, -0.05) is 0 Å². The molecule has 1 aliphatic carbocycles. The molecule has 1 N–H and O–H groups in total. The first-order valence-corrected chi connectivity index (χ1v) is 6.14. The molecule has 2 aliphatic rings. The van der Waals surface area contributed by atoms with Crippen molar-refractivity contribution in [3.05, 3.63) is 18.1 Å². The van der Waals surface area contributed by atoms with Gasteiger partial charge >= 0.3 is 0 Å². The Labute approximate surface area is 100 Å². The predicted octanol–water partition coefficient (Wildman–Crippen LogP) is 0.365. The molecule has 1 saturated carbocycles. The standard InChI is InChI=1S/C12H16N4O/c17-12-7-16(4-3-13-12)11-6-10(14-8-15-11)5-9-1-2-9/h6,8-9H,1-5,7H2,(H,13,17). The molecule has 3 rings (SSSR count). The fraction of sp³-hybridized carbons (Fsp3) is 0.583. The van der Waals surface area contributed by atoms with Crippen LogP contribution in [0.2, 0.25) is 0 Å². The third kappa shape index (κ3) is 2.54. The highest BCUT2D eigenvalue weighted by atomic mass is 16.2. The van der Waals surface area contributed by atoms with Crippen LogP contribution in [0, 0.1) is 5.92 Å². The van der Waals surface area contributed by atoms with Gasteiger partial charge in [-0.25, -0.2) is 9.97 Å². The number of carbonyl (C=O) groups is 1. The molecule has 1 amide bonds. The highest BCUT2D eigenvalue weighted by Crippen LogP contribution is 2.32. The third-order valence-corrected chi connectivity index (χ3v) is 3.27. The molecule has 2 heterocycles. The summed E-state index contributed by atoms with van der Waals surface area (Å²) in [7, 11) is 0. The lowest BCUT2D eigenvalue weighted by atomic mass is 10.2. The molecule has 2 fully saturated rings. The van der Waals surface area contributed by atoms with Gasteiger partial charge in [0.05, 0.1) is 6.54 Å². The number of nitrogens with one attached hydrogen (secondary N) is 1. The monoisotopic (exact) mass is 232 g/mol. The van der Waals surface area contributed by atoms with Crippen LogP contribution in [0.15, 0.2) is 12.4 Å². The average molecular weight is 232 g/mol. The van der Waals surface area contributed by atoms with Gasteiger partial charge in [-0.2, -0.15) is 0 Å². The van der Waals surface area contributed by atoms with Crippen LogP contribution in [0.5, 0.6) is 0 Å². The number of anilines is 1. The molecule has 1 aliphatic heterocycles. The summed E-state index contributed by atoms with van der Waals surface area (Å²) in [6, 6.07) is 2.02. The minimum Gasteiger partial charge on any atom is -0.353 e. The van der Waals surface area contributed by atoms with Crippen molar-refractivity contribution in [2.75, 3.05) is 24.5 Å². The molecular weight excluding hydrogens is 216 g/mol. The van der Waals surface area contributed by atoms with E-state index in [0.717, 1.165) is 30.4 Å². The summed E-state index contributed by atoms with van der Waals surface area (Å²) in [5, 5.41) is 2.81. The van der Waals surface area contributed by atoms with Gasteiger partial charge < -0.3 is 10.2 Å². The third-order valence-electron chi connectivity index (χ3n) is 3.27. The second-order valence-electron chi connectivity index (χ2n) is 4.79. The van der Waals surface area contributed by atoms with Gasteiger partial charge in [-0.05, 0) is 25.2 Å². The summed E-state index contributed by atoms with van der Waals surface area (Å²) < 4.78 is 0. The van der Waals surface area contributed by atoms with Gasteiger partial charge in [0.15, 0.2) is 0 Å². The number of nitrogens with zero attached hydrogens (tertiary/aromatic N) is 3. The summed E-state index contributed by atoms with van der Waals surface area (Å²) in [4.78, 5) is 21.9. The Kier molecular flexibility index (Phi) is 2.66. The molecule has 5 nitrogen and oxygen atoms in total. The molecule has 0 spiro atoms. The van der Waals surface area contributed by atoms with E-state index in [9.17, 15) is 4.79 Å². The smallest absolute Gasteiger partial charge is 0.239 e. The van der Waals surface area contributed by atoms with Crippen molar-refractivity contribution in [2.24, 2.45) is 5.92 Å². The van der Waals surface area contributed by atoms with Crippen LogP contribution in [0.3, 0.4) is 0 Å². The van der Waals surface area contributed by atoms with E-state index >= 15 is 0 Å². The van der Waals surface area contributed by atoms with Crippen LogP contribution in [0.25, 0.3) is 0 Å². The van der Waals surface area contributed by atoms with Gasteiger partial charge in [-0.15, -0.1) is 0 Å². The zero-order chi connectivity index (χ0) is 11.7. The predicted molar refractivity (Wildman–Crippen MR) is 63.7 cm³/mol. The molecule has 5 heteroatoms. The molecule has 1 aromatic rings. The Morgan fingerprint density at radius 1 is 1.41 bits per heavy atom. The second-order valence-corrected chi connectivity index (χ2v) is 4.79. The number of hydrogen-bond donors (Lipinski definition) is 1. The van der Waals surface area contributed by atoms with Crippen molar-refractivity contribution in [2.45, 2.75) is 19.3 Å². The van der Waals surface area contributed by atoms with Gasteiger partial charge in [0.2, 0.25) is 5.91 Å². The molecule has 0 bridgehead atoms. The molecule has 1 saturated heterocycles. The Hall–Kier alpha value is -1.65. The zero-order valence-electron chi connectivity index (χ0n) is 9.72. The van der Waals surface area contributed by atoms with E-state index in [1.54, 1.807) is 6.33 Å². The molecule has 0 unspecified atom stereocenters. The van der Waals surface area contributed by atoms with Crippen LogP contribution in [0.1, 0.15) is 18.5 Å². The Morgan fingerprint density at radius 3 is 3.06 bits per heavy atom. The topological polar surface area (TPSA) is 58.1 Å². The number of aromatic nitrogens is 2. The quantitative estimate of drug-likeness (QED) is 0.817. The lowest BCUT2D eigenvalue weighted by Crippen LogP contribution is -2.48. The van der Waals surface area contributed by atoms with E-state index in [1.165, 1.54) is 12.8 Å². The van der Waals surface area contributed by atoms with E-state index in [2.05, 4.69) is 15.3 Å². The van der Waals surface area contributed by atoms with Crippen LogP contribution in [0.4, 0.5) is 5.82 Å². The molecule has 0 atom stereocenters.